The summed E-state index contributed by atoms with van der Waals surface area (Å²) in [4.78, 5) is 32.7. The fourth-order valence-electron chi connectivity index (χ4n) is 2.35. The molecule has 1 rings (SSSR count). The van der Waals surface area contributed by atoms with Crippen molar-refractivity contribution in [1.29, 1.82) is 0 Å². The van der Waals surface area contributed by atoms with Crippen LogP contribution in [0, 0.1) is 5.92 Å². The summed E-state index contributed by atoms with van der Waals surface area (Å²) < 4.78 is 5.22. The Bertz CT molecular complexity index is 395. The molecule has 0 amide bonds. The van der Waals surface area contributed by atoms with Gasteiger partial charge in [-0.05, 0) is 32.9 Å². The van der Waals surface area contributed by atoms with E-state index < -0.39 is 11.9 Å². The third kappa shape index (κ3) is 15.0. The molecular weight excluding hydrogens is 314 g/mol. The highest BCUT2D eigenvalue weighted by molar-refractivity contribution is 5.89. The van der Waals surface area contributed by atoms with Gasteiger partial charge in [-0.15, -0.1) is 0 Å². The van der Waals surface area contributed by atoms with Crippen LogP contribution in [0.5, 0.6) is 0 Å². The smallest absolute Gasteiger partial charge is 0.328 e. The maximum Gasteiger partial charge on any atom is 0.328 e. The zero-order valence-corrected chi connectivity index (χ0v) is 14.6. The van der Waals surface area contributed by atoms with Gasteiger partial charge in [-0.25, -0.2) is 9.59 Å². The fourth-order valence-corrected chi connectivity index (χ4v) is 2.35. The van der Waals surface area contributed by atoms with Gasteiger partial charge in [-0.1, -0.05) is 25.7 Å². The third-order valence-electron chi connectivity index (χ3n) is 3.60. The van der Waals surface area contributed by atoms with Crippen LogP contribution in [0.15, 0.2) is 12.2 Å². The number of hydrogen-bond acceptors (Lipinski definition) is 5. The van der Waals surface area contributed by atoms with Gasteiger partial charge in [0.05, 0.1) is 0 Å². The molecule has 1 fully saturated rings. The molecular formula is C17H29NO6. The minimum Gasteiger partial charge on any atom is -0.478 e. The number of carbonyl (C=O) groups is 3. The molecule has 24 heavy (non-hydrogen) atoms. The maximum absolute atomic E-state index is 11.6. The second-order valence-electron chi connectivity index (χ2n) is 6.10. The molecule has 0 heterocycles. The molecule has 0 bridgehead atoms. The Kier molecular flexibility index (Phi) is 12.5. The van der Waals surface area contributed by atoms with Crippen LogP contribution in [0.4, 0.5) is 0 Å². The second kappa shape index (κ2) is 13.5. The maximum atomic E-state index is 11.6. The van der Waals surface area contributed by atoms with Crippen LogP contribution in [-0.4, -0.2) is 60.3 Å². The third-order valence-corrected chi connectivity index (χ3v) is 3.60. The SMILES string of the molecule is CN(C)CCOC(=O)CC1CCCCCC1.O=C(O)/C=C/C(=O)O. The summed E-state index contributed by atoms with van der Waals surface area (Å²) in [6.07, 6.45) is 9.42. The summed E-state index contributed by atoms with van der Waals surface area (Å²) in [6, 6.07) is 0. The molecule has 1 saturated carbocycles. The topological polar surface area (TPSA) is 104 Å². The van der Waals surface area contributed by atoms with Gasteiger partial charge in [-0.3, -0.25) is 4.79 Å². The quantitative estimate of drug-likeness (QED) is 0.415. The van der Waals surface area contributed by atoms with Gasteiger partial charge in [0, 0.05) is 25.1 Å². The molecule has 0 spiro atoms. The van der Waals surface area contributed by atoms with E-state index in [0.29, 0.717) is 31.1 Å². The van der Waals surface area contributed by atoms with Crippen molar-refractivity contribution in [1.82, 2.24) is 4.90 Å². The Morgan fingerprint density at radius 1 is 1.00 bits per heavy atom. The van der Waals surface area contributed by atoms with E-state index in [0.717, 1.165) is 6.54 Å². The first-order valence-electron chi connectivity index (χ1n) is 8.25. The number of esters is 1. The summed E-state index contributed by atoms with van der Waals surface area (Å²) in [5.41, 5.74) is 0. The van der Waals surface area contributed by atoms with Crippen molar-refractivity contribution < 1.29 is 29.3 Å². The van der Waals surface area contributed by atoms with E-state index in [2.05, 4.69) is 0 Å². The van der Waals surface area contributed by atoms with Crippen molar-refractivity contribution in [2.75, 3.05) is 27.2 Å². The van der Waals surface area contributed by atoms with Crippen molar-refractivity contribution in [3.63, 3.8) is 0 Å². The Morgan fingerprint density at radius 3 is 1.92 bits per heavy atom. The molecule has 0 atom stereocenters. The van der Waals surface area contributed by atoms with Crippen LogP contribution in [0.25, 0.3) is 0 Å². The van der Waals surface area contributed by atoms with Gasteiger partial charge in [0.1, 0.15) is 6.61 Å². The highest BCUT2D eigenvalue weighted by Gasteiger charge is 2.16. The van der Waals surface area contributed by atoms with Crippen LogP contribution in [0.2, 0.25) is 0 Å². The standard InChI is InChI=1S/C13H25NO2.C4H4O4/c1-14(2)9-10-16-13(15)11-12-7-5-3-4-6-8-12;5-3(6)1-2-4(7)8/h12H,3-11H2,1-2H3;1-2H,(H,5,6)(H,7,8)/b;2-1+. The lowest BCUT2D eigenvalue weighted by atomic mass is 9.97. The lowest BCUT2D eigenvalue weighted by Crippen LogP contribution is -2.21. The normalized spacial score (nSPS) is 15.5. The van der Waals surface area contributed by atoms with E-state index in [1.54, 1.807) is 0 Å². The van der Waals surface area contributed by atoms with Gasteiger partial charge < -0.3 is 19.8 Å². The molecule has 7 nitrogen and oxygen atoms in total. The summed E-state index contributed by atoms with van der Waals surface area (Å²) >= 11 is 0. The molecule has 0 saturated heterocycles. The predicted octanol–water partition coefficient (Wildman–Crippen LogP) is 2.16. The monoisotopic (exact) mass is 343 g/mol. The first-order valence-corrected chi connectivity index (χ1v) is 8.25. The van der Waals surface area contributed by atoms with E-state index >= 15 is 0 Å². The number of carbonyl (C=O) groups excluding carboxylic acids is 1. The lowest BCUT2D eigenvalue weighted by Gasteiger charge is -2.14. The summed E-state index contributed by atoms with van der Waals surface area (Å²) in [5.74, 6) is -1.94. The number of carboxylic acid groups (broad SMARTS) is 2. The van der Waals surface area contributed by atoms with Gasteiger partial charge in [0.25, 0.3) is 0 Å². The zero-order valence-electron chi connectivity index (χ0n) is 14.6. The Morgan fingerprint density at radius 2 is 1.50 bits per heavy atom. The highest BCUT2D eigenvalue weighted by Crippen LogP contribution is 2.25. The first-order chi connectivity index (χ1) is 11.3. The van der Waals surface area contributed by atoms with Crippen LogP contribution in [-0.2, 0) is 19.1 Å². The predicted molar refractivity (Wildman–Crippen MR) is 89.7 cm³/mol. The lowest BCUT2D eigenvalue weighted by molar-refractivity contribution is -0.145. The highest BCUT2D eigenvalue weighted by atomic mass is 16.5. The summed E-state index contributed by atoms with van der Waals surface area (Å²) in [6.45, 7) is 1.34. The Labute approximate surface area is 143 Å². The van der Waals surface area contributed by atoms with Gasteiger partial charge in [-0.2, -0.15) is 0 Å². The number of carboxylic acids is 2. The van der Waals surface area contributed by atoms with E-state index in [-0.39, 0.29) is 5.97 Å². The molecule has 0 aromatic rings. The van der Waals surface area contributed by atoms with Crippen molar-refractivity contribution in [2.24, 2.45) is 5.92 Å². The van der Waals surface area contributed by atoms with Gasteiger partial charge in [0.2, 0.25) is 0 Å². The summed E-state index contributed by atoms with van der Waals surface area (Å²) in [5, 5.41) is 15.6. The number of aliphatic carboxylic acids is 2. The van der Waals surface area contributed by atoms with Gasteiger partial charge >= 0.3 is 17.9 Å². The van der Waals surface area contributed by atoms with E-state index in [1.165, 1.54) is 38.5 Å². The summed E-state index contributed by atoms with van der Waals surface area (Å²) in [7, 11) is 3.97. The average Bonchev–Trinajstić information content (AvgIpc) is 2.74. The van der Waals surface area contributed by atoms with Crippen LogP contribution >= 0.6 is 0 Å². The van der Waals surface area contributed by atoms with Crippen LogP contribution in [0.1, 0.15) is 44.9 Å². The largest absolute Gasteiger partial charge is 0.478 e. The van der Waals surface area contributed by atoms with Crippen molar-refractivity contribution in [3.8, 4) is 0 Å². The molecule has 0 aromatic carbocycles. The van der Waals surface area contributed by atoms with Crippen molar-refractivity contribution >= 4 is 17.9 Å². The molecule has 0 radical (unpaired) electrons. The fraction of sp³-hybridized carbons (Fsp3) is 0.706. The molecule has 2 N–H and O–H groups in total. The average molecular weight is 343 g/mol. The number of rotatable bonds is 7. The van der Waals surface area contributed by atoms with Gasteiger partial charge in [0.15, 0.2) is 0 Å². The van der Waals surface area contributed by atoms with E-state index in [9.17, 15) is 14.4 Å². The molecule has 1 aliphatic carbocycles. The number of nitrogens with zero attached hydrogens (tertiary/aromatic N) is 1. The number of ether oxygens (including phenoxy) is 1. The van der Waals surface area contributed by atoms with Crippen molar-refractivity contribution in [2.45, 2.75) is 44.9 Å². The zero-order chi connectivity index (χ0) is 18.4. The molecule has 0 aliphatic heterocycles. The van der Waals surface area contributed by atoms with Crippen LogP contribution < -0.4 is 0 Å². The molecule has 7 heteroatoms. The minimum atomic E-state index is -1.26. The number of hydrogen-bond donors (Lipinski definition) is 2. The minimum absolute atomic E-state index is 0.00579. The molecule has 1 aliphatic rings. The molecule has 0 aromatic heterocycles. The Balaban J connectivity index is 0.000000561. The Hall–Kier alpha value is -1.89. The van der Waals surface area contributed by atoms with Crippen LogP contribution in [0.3, 0.4) is 0 Å². The molecule has 0 unspecified atom stereocenters. The van der Waals surface area contributed by atoms with Crippen molar-refractivity contribution in [3.05, 3.63) is 12.2 Å². The molecule has 138 valence electrons. The first kappa shape index (κ1) is 22.1. The second-order valence-corrected chi connectivity index (χ2v) is 6.10. The van der Waals surface area contributed by atoms with E-state index in [1.807, 2.05) is 19.0 Å². The number of likely N-dealkylation sites (N-methyl/N-ethyl adjacent to an activating group) is 1. The van der Waals surface area contributed by atoms with E-state index in [4.69, 9.17) is 14.9 Å².